The van der Waals surface area contributed by atoms with E-state index >= 15 is 0 Å². The van der Waals surface area contributed by atoms with Gasteiger partial charge in [-0.15, -0.1) is 0 Å². The molecule has 0 spiro atoms. The summed E-state index contributed by atoms with van der Waals surface area (Å²) >= 11 is 0. The molecule has 0 aromatic heterocycles. The average Bonchev–Trinajstić information content (AvgIpc) is 2.93. The first-order valence-corrected chi connectivity index (χ1v) is 19.0. The van der Waals surface area contributed by atoms with Crippen molar-refractivity contribution < 1.29 is 18.4 Å². The van der Waals surface area contributed by atoms with Gasteiger partial charge >= 0.3 is 5.97 Å². The van der Waals surface area contributed by atoms with Gasteiger partial charge in [-0.1, -0.05) is 119 Å². The van der Waals surface area contributed by atoms with Crippen LogP contribution in [-0.4, -0.2) is 41.4 Å². The lowest BCUT2D eigenvalue weighted by atomic mass is 9.85. The monoisotopic (exact) mass is 560 g/mol. The SMILES string of the molecule is C[C@@H]1[C@@H](O[Si](C)(C)C(C)(C)C)[C@@H](C)C(=O)O[C@H]1CCO[Si](c1ccccc1)(c1ccccc1)c1ccccc1. The lowest BCUT2D eigenvalue weighted by Crippen LogP contribution is -2.69. The summed E-state index contributed by atoms with van der Waals surface area (Å²) in [5.74, 6) is -0.367. The summed E-state index contributed by atoms with van der Waals surface area (Å²) in [4.78, 5) is 13.0. The number of carbonyl (C=O) groups is 1. The predicted molar refractivity (Wildman–Crippen MR) is 165 cm³/mol. The van der Waals surface area contributed by atoms with Crippen LogP contribution in [0.5, 0.6) is 0 Å². The van der Waals surface area contributed by atoms with Crippen molar-refractivity contribution in [2.45, 2.75) is 71.4 Å². The van der Waals surface area contributed by atoms with E-state index in [1.807, 2.05) is 25.1 Å². The minimum atomic E-state index is -2.81. The van der Waals surface area contributed by atoms with Crippen molar-refractivity contribution >= 4 is 38.2 Å². The number of esters is 1. The van der Waals surface area contributed by atoms with Gasteiger partial charge in [0.15, 0.2) is 8.32 Å². The fourth-order valence-electron chi connectivity index (χ4n) is 5.31. The van der Waals surface area contributed by atoms with Crippen molar-refractivity contribution in [1.29, 1.82) is 0 Å². The van der Waals surface area contributed by atoms with Crippen LogP contribution in [0.15, 0.2) is 91.0 Å². The van der Waals surface area contributed by atoms with Crippen LogP contribution in [0.3, 0.4) is 0 Å². The summed E-state index contributed by atoms with van der Waals surface area (Å²) in [6, 6.07) is 31.7. The first kappa shape index (κ1) is 29.5. The normalized spacial score (nSPS) is 22.4. The van der Waals surface area contributed by atoms with Gasteiger partial charge in [0.2, 0.25) is 0 Å². The Labute approximate surface area is 237 Å². The van der Waals surface area contributed by atoms with E-state index in [0.29, 0.717) is 13.0 Å². The van der Waals surface area contributed by atoms with Gasteiger partial charge < -0.3 is 13.6 Å². The van der Waals surface area contributed by atoms with Crippen LogP contribution in [0.25, 0.3) is 0 Å². The number of hydrogen-bond donors (Lipinski definition) is 0. The highest BCUT2D eigenvalue weighted by molar-refractivity contribution is 7.07. The molecule has 0 bridgehead atoms. The maximum Gasteiger partial charge on any atom is 0.311 e. The summed E-state index contributed by atoms with van der Waals surface area (Å²) in [7, 11) is -4.87. The maximum absolute atomic E-state index is 13.0. The summed E-state index contributed by atoms with van der Waals surface area (Å²) in [6.45, 7) is 15.8. The second kappa shape index (κ2) is 11.9. The molecule has 3 aromatic rings. The van der Waals surface area contributed by atoms with Gasteiger partial charge in [0.25, 0.3) is 8.32 Å². The Morgan fingerprint density at radius 1 is 0.769 bits per heavy atom. The van der Waals surface area contributed by atoms with Gasteiger partial charge in [0, 0.05) is 18.9 Å². The minimum absolute atomic E-state index is 0.0681. The fraction of sp³-hybridized carbons (Fsp3) is 0.424. The van der Waals surface area contributed by atoms with E-state index in [-0.39, 0.29) is 35.1 Å². The number of carbonyl (C=O) groups excluding carboxylic acids is 1. The van der Waals surface area contributed by atoms with Crippen LogP contribution < -0.4 is 15.6 Å². The maximum atomic E-state index is 13.0. The Morgan fingerprint density at radius 3 is 1.62 bits per heavy atom. The van der Waals surface area contributed by atoms with Gasteiger partial charge in [-0.2, -0.15) is 0 Å². The Hall–Kier alpha value is -2.52. The fourth-order valence-corrected chi connectivity index (χ4v) is 10.7. The van der Waals surface area contributed by atoms with Crippen LogP contribution in [0.4, 0.5) is 0 Å². The first-order chi connectivity index (χ1) is 18.5. The molecule has 0 saturated carbocycles. The van der Waals surface area contributed by atoms with Crippen molar-refractivity contribution in [3.8, 4) is 0 Å². The highest BCUT2D eigenvalue weighted by atomic mass is 28.4. The van der Waals surface area contributed by atoms with E-state index in [4.69, 9.17) is 13.6 Å². The van der Waals surface area contributed by atoms with Gasteiger partial charge in [0.1, 0.15) is 6.10 Å². The zero-order chi connectivity index (χ0) is 28.3. The van der Waals surface area contributed by atoms with E-state index < -0.39 is 16.6 Å². The highest BCUT2D eigenvalue weighted by Crippen LogP contribution is 2.41. The largest absolute Gasteiger partial charge is 0.462 e. The molecule has 1 aliphatic heterocycles. The number of rotatable bonds is 9. The molecule has 0 amide bonds. The zero-order valence-corrected chi connectivity index (χ0v) is 26.5. The Kier molecular flexibility index (Phi) is 9.01. The van der Waals surface area contributed by atoms with E-state index in [9.17, 15) is 4.79 Å². The van der Waals surface area contributed by atoms with Crippen molar-refractivity contribution in [1.82, 2.24) is 0 Å². The van der Waals surface area contributed by atoms with Gasteiger partial charge in [-0.25, -0.2) is 0 Å². The molecule has 0 unspecified atom stereocenters. The molecule has 4 rings (SSSR count). The lowest BCUT2D eigenvalue weighted by molar-refractivity contribution is -0.176. The molecule has 1 fully saturated rings. The smallest absolute Gasteiger partial charge is 0.311 e. The molecule has 0 N–H and O–H groups in total. The molecule has 208 valence electrons. The third-order valence-electron chi connectivity index (χ3n) is 8.74. The van der Waals surface area contributed by atoms with E-state index in [2.05, 4.69) is 114 Å². The van der Waals surface area contributed by atoms with E-state index in [0.717, 1.165) is 0 Å². The summed E-state index contributed by atoms with van der Waals surface area (Å²) in [6.07, 6.45) is 0.215. The molecule has 3 aromatic carbocycles. The Balaban J connectivity index is 1.62. The number of cyclic esters (lactones) is 1. The molecule has 1 saturated heterocycles. The van der Waals surface area contributed by atoms with Gasteiger partial charge in [-0.3, -0.25) is 4.79 Å². The highest BCUT2D eigenvalue weighted by Gasteiger charge is 2.48. The Bertz CT molecular complexity index is 1110. The van der Waals surface area contributed by atoms with Crippen molar-refractivity contribution in [2.75, 3.05) is 6.61 Å². The molecule has 39 heavy (non-hydrogen) atoms. The van der Waals surface area contributed by atoms with E-state index in [1.54, 1.807) is 0 Å². The van der Waals surface area contributed by atoms with Crippen molar-refractivity contribution in [2.24, 2.45) is 11.8 Å². The van der Waals surface area contributed by atoms with Crippen LogP contribution in [-0.2, 0) is 18.4 Å². The predicted octanol–water partition coefficient (Wildman–Crippen LogP) is 5.65. The molecule has 0 aliphatic carbocycles. The second-order valence-electron chi connectivity index (χ2n) is 12.4. The quantitative estimate of drug-likeness (QED) is 0.193. The number of ether oxygens (including phenoxy) is 1. The minimum Gasteiger partial charge on any atom is -0.462 e. The average molecular weight is 561 g/mol. The van der Waals surface area contributed by atoms with Crippen LogP contribution in [0.1, 0.15) is 41.0 Å². The molecule has 6 heteroatoms. The van der Waals surface area contributed by atoms with Gasteiger partial charge in [-0.05, 0) is 40.6 Å². The zero-order valence-electron chi connectivity index (χ0n) is 24.5. The number of benzene rings is 3. The molecule has 4 atom stereocenters. The lowest BCUT2D eigenvalue weighted by Gasteiger charge is -2.46. The van der Waals surface area contributed by atoms with Gasteiger partial charge in [0.05, 0.1) is 12.0 Å². The Morgan fingerprint density at radius 2 is 1.21 bits per heavy atom. The first-order valence-electron chi connectivity index (χ1n) is 14.2. The van der Waals surface area contributed by atoms with Crippen molar-refractivity contribution in [3.63, 3.8) is 0 Å². The molecule has 1 aliphatic rings. The third-order valence-corrected chi connectivity index (χ3v) is 17.3. The standard InChI is InChI=1S/C33H44O4Si2/c1-25-30(36-32(34)26(2)31(25)37-38(6,7)33(3,4)5)23-24-35-39(27-17-11-8-12-18-27,28-19-13-9-14-20-28)29-21-15-10-16-22-29/h8-22,25-26,30-31H,23-24H2,1-7H3/t25-,26+,30-,31+/m0/s1. The molecule has 1 heterocycles. The molecule has 4 nitrogen and oxygen atoms in total. The van der Waals surface area contributed by atoms with Crippen LogP contribution in [0.2, 0.25) is 18.1 Å². The summed E-state index contributed by atoms with van der Waals surface area (Å²) < 4.78 is 19.9. The second-order valence-corrected chi connectivity index (χ2v) is 20.5. The molecular formula is C33H44O4Si2. The molecule has 0 radical (unpaired) electrons. The summed E-state index contributed by atoms with van der Waals surface area (Å²) in [5.41, 5.74) is 0. The van der Waals surface area contributed by atoms with Crippen LogP contribution in [0, 0.1) is 11.8 Å². The third kappa shape index (κ3) is 6.14. The number of hydrogen-bond acceptors (Lipinski definition) is 4. The molecular weight excluding hydrogens is 517 g/mol. The summed E-state index contributed by atoms with van der Waals surface area (Å²) in [5, 5.41) is 3.66. The van der Waals surface area contributed by atoms with Crippen LogP contribution >= 0.6 is 0 Å². The van der Waals surface area contributed by atoms with E-state index in [1.165, 1.54) is 15.6 Å². The van der Waals surface area contributed by atoms with Crippen molar-refractivity contribution in [3.05, 3.63) is 91.0 Å². The topological polar surface area (TPSA) is 44.8 Å².